The molecule has 0 atom stereocenters. The Hall–Kier alpha value is -3.46. The topological polar surface area (TPSA) is 85.5 Å². The number of nitrogens with zero attached hydrogens (tertiary/aromatic N) is 3. The van der Waals surface area contributed by atoms with Crippen LogP contribution in [0.5, 0.6) is 5.75 Å². The van der Waals surface area contributed by atoms with Gasteiger partial charge in [0.2, 0.25) is 5.95 Å². The summed E-state index contributed by atoms with van der Waals surface area (Å²) in [6.45, 7) is 2.10. The van der Waals surface area contributed by atoms with E-state index in [1.807, 2.05) is 0 Å². The highest BCUT2D eigenvalue weighted by Crippen LogP contribution is 2.38. The summed E-state index contributed by atoms with van der Waals surface area (Å²) in [6.07, 6.45) is 1.40. The Morgan fingerprint density at radius 3 is 2.70 bits per heavy atom. The minimum atomic E-state index is -3.87. The summed E-state index contributed by atoms with van der Waals surface area (Å²) < 4.78 is 52.5. The second-order valence-electron chi connectivity index (χ2n) is 6.84. The van der Waals surface area contributed by atoms with E-state index in [4.69, 9.17) is 9.15 Å². The summed E-state index contributed by atoms with van der Waals surface area (Å²) in [6, 6.07) is 12.7. The van der Waals surface area contributed by atoms with Crippen LogP contribution < -0.4 is 9.04 Å². The quantitative estimate of drug-likeness (QED) is 0.463. The number of fused-ring (bicyclic) bond motifs is 2. The Balaban J connectivity index is 1.59. The Labute approximate surface area is 171 Å². The fourth-order valence-corrected chi connectivity index (χ4v) is 4.95. The van der Waals surface area contributed by atoms with Crippen LogP contribution in [0.15, 0.2) is 64.0 Å². The molecule has 2 aromatic carbocycles. The van der Waals surface area contributed by atoms with Crippen LogP contribution >= 0.6 is 0 Å². The smallest absolute Gasteiger partial charge is 0.264 e. The number of anilines is 1. The molecule has 1 aliphatic heterocycles. The third kappa shape index (κ3) is 3.07. The van der Waals surface area contributed by atoms with Gasteiger partial charge in [0.15, 0.2) is 11.5 Å². The molecule has 3 heterocycles. The summed E-state index contributed by atoms with van der Waals surface area (Å²) in [7, 11) is -3.87. The van der Waals surface area contributed by atoms with Gasteiger partial charge in [-0.3, -0.25) is 4.31 Å². The fraction of sp³-hybridized carbons (Fsp3) is 0.143. The molecule has 5 rings (SSSR count). The van der Waals surface area contributed by atoms with Crippen LogP contribution in [0.1, 0.15) is 5.89 Å². The largest absolute Gasteiger partial charge is 0.489 e. The SMILES string of the molecule is Cc1nc2cc(S(=O)(=O)N3CCOc4ccc(-c5ccc(F)nc5)cc43)ccc2o1. The number of pyridine rings is 1. The van der Waals surface area contributed by atoms with Crippen LogP contribution in [0.2, 0.25) is 0 Å². The second-order valence-corrected chi connectivity index (χ2v) is 8.70. The summed E-state index contributed by atoms with van der Waals surface area (Å²) in [5.74, 6) is 0.346. The molecule has 9 heteroatoms. The van der Waals surface area contributed by atoms with E-state index in [1.54, 1.807) is 37.3 Å². The Morgan fingerprint density at radius 1 is 1.07 bits per heavy atom. The maximum absolute atomic E-state index is 13.4. The van der Waals surface area contributed by atoms with Gasteiger partial charge in [-0.1, -0.05) is 6.07 Å². The van der Waals surface area contributed by atoms with E-state index >= 15 is 0 Å². The van der Waals surface area contributed by atoms with Crippen molar-refractivity contribution in [2.24, 2.45) is 0 Å². The molecule has 0 unspecified atom stereocenters. The van der Waals surface area contributed by atoms with Gasteiger partial charge >= 0.3 is 0 Å². The highest BCUT2D eigenvalue weighted by atomic mass is 32.2. The van der Waals surface area contributed by atoms with Gasteiger partial charge in [-0.05, 0) is 48.0 Å². The third-order valence-electron chi connectivity index (χ3n) is 4.89. The van der Waals surface area contributed by atoms with Gasteiger partial charge in [0.25, 0.3) is 10.0 Å². The van der Waals surface area contributed by atoms with Crippen molar-refractivity contribution in [2.45, 2.75) is 11.8 Å². The van der Waals surface area contributed by atoms with Crippen molar-refractivity contribution in [2.75, 3.05) is 17.5 Å². The fourth-order valence-electron chi connectivity index (χ4n) is 3.48. The van der Waals surface area contributed by atoms with Crippen LogP contribution in [0.4, 0.5) is 10.1 Å². The van der Waals surface area contributed by atoms with Gasteiger partial charge in [0, 0.05) is 18.7 Å². The second kappa shape index (κ2) is 6.81. The molecule has 0 aliphatic carbocycles. The van der Waals surface area contributed by atoms with E-state index in [0.717, 1.165) is 0 Å². The van der Waals surface area contributed by atoms with Crippen LogP contribution in [0.3, 0.4) is 0 Å². The molecule has 4 aromatic rings. The molecule has 0 radical (unpaired) electrons. The molecule has 0 amide bonds. The number of aromatic nitrogens is 2. The zero-order valence-electron chi connectivity index (χ0n) is 15.9. The molecule has 0 saturated heterocycles. The standard InChI is InChI=1S/C21H16FN3O4S/c1-13-24-17-11-16(4-6-19(17)29-13)30(26,27)25-8-9-28-20-5-2-14(10-18(20)25)15-3-7-21(22)23-12-15/h2-7,10-12H,8-9H2,1H3. The van der Waals surface area contributed by atoms with Gasteiger partial charge in [-0.15, -0.1) is 0 Å². The van der Waals surface area contributed by atoms with E-state index in [2.05, 4.69) is 9.97 Å². The maximum Gasteiger partial charge on any atom is 0.264 e. The van der Waals surface area contributed by atoms with E-state index in [0.29, 0.717) is 39.6 Å². The van der Waals surface area contributed by atoms with Crippen molar-refractivity contribution >= 4 is 26.8 Å². The molecule has 0 bridgehead atoms. The van der Waals surface area contributed by atoms with Crippen LogP contribution in [-0.4, -0.2) is 31.5 Å². The zero-order chi connectivity index (χ0) is 20.9. The number of hydrogen-bond acceptors (Lipinski definition) is 6. The molecule has 1 aliphatic rings. The molecule has 30 heavy (non-hydrogen) atoms. The van der Waals surface area contributed by atoms with Gasteiger partial charge < -0.3 is 9.15 Å². The van der Waals surface area contributed by atoms with Crippen molar-refractivity contribution in [3.63, 3.8) is 0 Å². The monoisotopic (exact) mass is 425 g/mol. The molecule has 0 fully saturated rings. The lowest BCUT2D eigenvalue weighted by atomic mass is 10.1. The third-order valence-corrected chi connectivity index (χ3v) is 6.70. The van der Waals surface area contributed by atoms with Crippen molar-refractivity contribution in [1.29, 1.82) is 0 Å². The Bertz CT molecular complexity index is 1370. The number of aryl methyl sites for hydroxylation is 1. The summed E-state index contributed by atoms with van der Waals surface area (Å²) >= 11 is 0. The lowest BCUT2D eigenvalue weighted by molar-refractivity contribution is 0.316. The van der Waals surface area contributed by atoms with E-state index in [9.17, 15) is 12.8 Å². The number of halogens is 1. The molecule has 7 nitrogen and oxygen atoms in total. The van der Waals surface area contributed by atoms with Gasteiger partial charge in [-0.2, -0.15) is 4.39 Å². The van der Waals surface area contributed by atoms with Crippen molar-refractivity contribution in [3.05, 3.63) is 66.6 Å². The van der Waals surface area contributed by atoms with Crippen molar-refractivity contribution < 1.29 is 22.0 Å². The average molecular weight is 425 g/mol. The predicted molar refractivity (Wildman–Crippen MR) is 108 cm³/mol. The number of sulfonamides is 1. The predicted octanol–water partition coefficient (Wildman–Crippen LogP) is 3.93. The summed E-state index contributed by atoms with van der Waals surface area (Å²) in [5, 5.41) is 0. The van der Waals surface area contributed by atoms with E-state index in [-0.39, 0.29) is 18.0 Å². The maximum atomic E-state index is 13.4. The van der Waals surface area contributed by atoms with Crippen molar-refractivity contribution in [3.8, 4) is 16.9 Å². The number of benzene rings is 2. The molecule has 0 N–H and O–H groups in total. The summed E-state index contributed by atoms with van der Waals surface area (Å²) in [4.78, 5) is 8.01. The van der Waals surface area contributed by atoms with E-state index in [1.165, 1.54) is 28.7 Å². The molecule has 2 aromatic heterocycles. The van der Waals surface area contributed by atoms with Crippen molar-refractivity contribution in [1.82, 2.24) is 9.97 Å². The lowest BCUT2D eigenvalue weighted by Crippen LogP contribution is -2.37. The molecular weight excluding hydrogens is 409 g/mol. The normalized spacial score (nSPS) is 13.9. The molecule has 0 saturated carbocycles. The number of oxazole rings is 1. The first kappa shape index (κ1) is 18.6. The first-order valence-corrected chi connectivity index (χ1v) is 10.6. The first-order chi connectivity index (χ1) is 14.4. The number of ether oxygens (including phenoxy) is 1. The van der Waals surface area contributed by atoms with Gasteiger partial charge in [0.05, 0.1) is 17.1 Å². The minimum Gasteiger partial charge on any atom is -0.489 e. The van der Waals surface area contributed by atoms with Crippen LogP contribution in [0.25, 0.3) is 22.2 Å². The highest BCUT2D eigenvalue weighted by molar-refractivity contribution is 7.92. The van der Waals surface area contributed by atoms with Crippen LogP contribution in [0, 0.1) is 12.9 Å². The zero-order valence-corrected chi connectivity index (χ0v) is 16.7. The molecule has 0 spiro atoms. The highest BCUT2D eigenvalue weighted by Gasteiger charge is 2.31. The Kier molecular flexibility index (Phi) is 4.21. The van der Waals surface area contributed by atoms with Gasteiger partial charge in [-0.25, -0.2) is 18.4 Å². The molecular formula is C21H16FN3O4S. The number of rotatable bonds is 3. The Morgan fingerprint density at radius 2 is 1.90 bits per heavy atom. The van der Waals surface area contributed by atoms with Gasteiger partial charge in [0.1, 0.15) is 17.9 Å². The first-order valence-electron chi connectivity index (χ1n) is 9.20. The molecule has 152 valence electrons. The number of hydrogen-bond donors (Lipinski definition) is 0. The van der Waals surface area contributed by atoms with Crippen LogP contribution in [-0.2, 0) is 10.0 Å². The summed E-state index contributed by atoms with van der Waals surface area (Å²) in [5.41, 5.74) is 2.80. The lowest BCUT2D eigenvalue weighted by Gasteiger charge is -2.31. The van der Waals surface area contributed by atoms with E-state index < -0.39 is 16.0 Å². The minimum absolute atomic E-state index is 0.116. The average Bonchev–Trinajstić information content (AvgIpc) is 3.12.